The van der Waals surface area contributed by atoms with E-state index in [4.69, 9.17) is 6.42 Å². The Hall–Kier alpha value is -2.00. The molecule has 0 fully saturated rings. The Morgan fingerprint density at radius 2 is 1.67 bits per heavy atom. The number of terminal acetylenes is 1. The molecule has 0 heteroatoms. The van der Waals surface area contributed by atoms with Crippen molar-refractivity contribution in [2.24, 2.45) is 0 Å². The average molecular weight is 189 g/mol. The largest absolute Gasteiger partial charge is 0.115 e. The van der Waals surface area contributed by atoms with Crippen molar-refractivity contribution in [3.05, 3.63) is 65.6 Å². The molecule has 69 valence electrons. The molecule has 0 aliphatic heterocycles. The fraction of sp³-hybridized carbons (Fsp3) is 0. The third-order valence-corrected chi connectivity index (χ3v) is 2.81. The molecule has 3 rings (SSSR count). The minimum atomic E-state index is 0.976. The second kappa shape index (κ2) is 3.00. The fourth-order valence-electron chi connectivity index (χ4n) is 2.11. The van der Waals surface area contributed by atoms with E-state index in [0.29, 0.717) is 0 Å². The highest BCUT2D eigenvalue weighted by Gasteiger charge is 2.19. The minimum absolute atomic E-state index is 0.976. The average Bonchev–Trinajstić information content (AvgIpc) is 2.67. The van der Waals surface area contributed by atoms with Gasteiger partial charge in [0.15, 0.2) is 0 Å². The number of fused-ring (bicyclic) bond motifs is 3. The highest BCUT2D eigenvalue weighted by molar-refractivity contribution is 5.83. The van der Waals surface area contributed by atoms with E-state index in [9.17, 15) is 0 Å². The van der Waals surface area contributed by atoms with E-state index in [1.54, 1.807) is 0 Å². The summed E-state index contributed by atoms with van der Waals surface area (Å²) >= 11 is 0. The van der Waals surface area contributed by atoms with Crippen molar-refractivity contribution >= 4 is 0 Å². The van der Waals surface area contributed by atoms with E-state index >= 15 is 0 Å². The highest BCUT2D eigenvalue weighted by Crippen LogP contribution is 2.38. The molecule has 2 aromatic rings. The Bertz CT molecular complexity index is 571. The van der Waals surface area contributed by atoms with Crippen LogP contribution in [0.1, 0.15) is 16.7 Å². The molecule has 1 aliphatic carbocycles. The first-order chi connectivity index (χ1) is 7.40. The predicted octanol–water partition coefficient (Wildman–Crippen LogP) is 3.25. The van der Waals surface area contributed by atoms with E-state index in [-0.39, 0.29) is 0 Å². The fourth-order valence-corrected chi connectivity index (χ4v) is 2.11. The summed E-state index contributed by atoms with van der Waals surface area (Å²) in [5, 5.41) is 0. The molecule has 0 spiro atoms. The molecule has 0 N–H and O–H groups in total. The molecule has 1 radical (unpaired) electrons. The van der Waals surface area contributed by atoms with Crippen LogP contribution < -0.4 is 0 Å². The van der Waals surface area contributed by atoms with Crippen LogP contribution in [0.25, 0.3) is 11.1 Å². The third kappa shape index (κ3) is 1.10. The normalized spacial score (nSPS) is 11.7. The maximum absolute atomic E-state index is 5.49. The second-order valence-electron chi connectivity index (χ2n) is 3.64. The first-order valence-electron chi connectivity index (χ1n) is 4.94. The van der Waals surface area contributed by atoms with Crippen LogP contribution >= 0.6 is 0 Å². The lowest BCUT2D eigenvalue weighted by Gasteiger charge is -2.01. The number of rotatable bonds is 0. The lowest BCUT2D eigenvalue weighted by atomic mass is 10.0. The summed E-state index contributed by atoms with van der Waals surface area (Å²) in [6, 6.07) is 14.5. The van der Waals surface area contributed by atoms with E-state index < -0.39 is 0 Å². The molecule has 0 nitrogen and oxygen atoms in total. The Labute approximate surface area is 89.6 Å². The van der Waals surface area contributed by atoms with Crippen LogP contribution in [0.4, 0.5) is 0 Å². The first-order valence-corrected chi connectivity index (χ1v) is 4.94. The molecule has 15 heavy (non-hydrogen) atoms. The lowest BCUT2D eigenvalue weighted by molar-refractivity contribution is 1.51. The van der Waals surface area contributed by atoms with Crippen molar-refractivity contribution < 1.29 is 0 Å². The monoisotopic (exact) mass is 189 g/mol. The molecule has 0 unspecified atom stereocenters. The van der Waals surface area contributed by atoms with E-state index in [2.05, 4.69) is 42.7 Å². The molecule has 0 amide bonds. The van der Waals surface area contributed by atoms with Gasteiger partial charge in [-0.05, 0) is 28.3 Å². The summed E-state index contributed by atoms with van der Waals surface area (Å²) in [6.45, 7) is 0. The molecule has 0 saturated carbocycles. The van der Waals surface area contributed by atoms with Gasteiger partial charge in [-0.2, -0.15) is 0 Å². The molecular weight excluding hydrogens is 180 g/mol. The molecule has 1 aliphatic rings. The quantitative estimate of drug-likeness (QED) is 0.476. The topological polar surface area (TPSA) is 0 Å². The van der Waals surface area contributed by atoms with Gasteiger partial charge in [-0.3, -0.25) is 0 Å². The zero-order chi connectivity index (χ0) is 10.3. The maximum Gasteiger partial charge on any atom is 0.0287 e. The van der Waals surface area contributed by atoms with E-state index in [1.165, 1.54) is 22.3 Å². The molecule has 0 bridgehead atoms. The molecule has 0 aromatic heterocycles. The molecule has 0 atom stereocenters. The highest BCUT2D eigenvalue weighted by atomic mass is 14.2. The second-order valence-corrected chi connectivity index (χ2v) is 3.64. The van der Waals surface area contributed by atoms with Crippen LogP contribution in [-0.4, -0.2) is 0 Å². The van der Waals surface area contributed by atoms with Gasteiger partial charge in [0.05, 0.1) is 0 Å². The number of hydrogen-bond donors (Lipinski definition) is 0. The van der Waals surface area contributed by atoms with Crippen molar-refractivity contribution in [3.63, 3.8) is 0 Å². The summed E-state index contributed by atoms with van der Waals surface area (Å²) in [6.07, 6.45) is 7.65. The third-order valence-electron chi connectivity index (χ3n) is 2.81. The summed E-state index contributed by atoms with van der Waals surface area (Å²) in [5.41, 5.74) is 5.95. The molecule has 0 saturated heterocycles. The summed E-state index contributed by atoms with van der Waals surface area (Å²) in [5.74, 6) is 2.73. The molecule has 0 heterocycles. The van der Waals surface area contributed by atoms with Crippen molar-refractivity contribution in [2.75, 3.05) is 0 Å². The maximum atomic E-state index is 5.49. The Balaban J connectivity index is 2.32. The van der Waals surface area contributed by atoms with Gasteiger partial charge >= 0.3 is 0 Å². The minimum Gasteiger partial charge on any atom is -0.115 e. The van der Waals surface area contributed by atoms with Gasteiger partial charge < -0.3 is 0 Å². The van der Waals surface area contributed by atoms with Gasteiger partial charge in [0, 0.05) is 12.0 Å². The summed E-state index contributed by atoms with van der Waals surface area (Å²) < 4.78 is 0. The van der Waals surface area contributed by atoms with Gasteiger partial charge in [-0.25, -0.2) is 0 Å². The van der Waals surface area contributed by atoms with Gasteiger partial charge in [0.2, 0.25) is 0 Å². The van der Waals surface area contributed by atoms with Gasteiger partial charge in [-0.15, -0.1) is 6.42 Å². The Kier molecular flexibility index (Phi) is 1.66. The van der Waals surface area contributed by atoms with Crippen molar-refractivity contribution in [1.82, 2.24) is 0 Å². The van der Waals surface area contributed by atoms with Crippen molar-refractivity contribution in [2.45, 2.75) is 0 Å². The van der Waals surface area contributed by atoms with Crippen LogP contribution in [0.2, 0.25) is 0 Å². The van der Waals surface area contributed by atoms with Gasteiger partial charge in [-0.1, -0.05) is 42.3 Å². The van der Waals surface area contributed by atoms with Crippen LogP contribution in [0.15, 0.2) is 42.5 Å². The number of hydrogen-bond acceptors (Lipinski definition) is 0. The molecule has 2 aromatic carbocycles. The smallest absolute Gasteiger partial charge is 0.0287 e. The summed E-state index contributed by atoms with van der Waals surface area (Å²) in [7, 11) is 0. The van der Waals surface area contributed by atoms with Crippen LogP contribution in [0, 0.1) is 18.8 Å². The van der Waals surface area contributed by atoms with Crippen molar-refractivity contribution in [1.29, 1.82) is 0 Å². The van der Waals surface area contributed by atoms with Crippen molar-refractivity contribution in [3.8, 4) is 23.5 Å². The Morgan fingerprint density at radius 3 is 2.53 bits per heavy atom. The number of benzene rings is 2. The zero-order valence-electron chi connectivity index (χ0n) is 8.20. The predicted molar refractivity (Wildman–Crippen MR) is 62.3 cm³/mol. The summed E-state index contributed by atoms with van der Waals surface area (Å²) in [4.78, 5) is 0. The van der Waals surface area contributed by atoms with Crippen LogP contribution in [0.3, 0.4) is 0 Å². The van der Waals surface area contributed by atoms with Gasteiger partial charge in [0.1, 0.15) is 0 Å². The first kappa shape index (κ1) is 8.32. The van der Waals surface area contributed by atoms with Crippen LogP contribution in [-0.2, 0) is 0 Å². The lowest BCUT2D eigenvalue weighted by Crippen LogP contribution is -1.84. The van der Waals surface area contributed by atoms with E-state index in [0.717, 1.165) is 5.56 Å². The van der Waals surface area contributed by atoms with E-state index in [1.807, 2.05) is 12.1 Å². The van der Waals surface area contributed by atoms with Crippen LogP contribution in [0.5, 0.6) is 0 Å². The standard InChI is InChI=1S/C15H9/c1-2-11-7-5-9-14-13-8-4-3-6-12(13)10-15(11)14/h1,3-10H. The zero-order valence-corrected chi connectivity index (χ0v) is 8.20. The van der Waals surface area contributed by atoms with Gasteiger partial charge in [0.25, 0.3) is 0 Å². The Morgan fingerprint density at radius 1 is 0.867 bits per heavy atom. The SMILES string of the molecule is C#Cc1cccc2c1[CH]c1ccccc1-2. The molecular formula is C15H9.